The zero-order chi connectivity index (χ0) is 19.3. The third kappa shape index (κ3) is 3.25. The second-order valence-corrected chi connectivity index (χ2v) is 13.5. The molecular weight excluding hydrogens is 412 g/mol. The summed E-state index contributed by atoms with van der Waals surface area (Å²) < 4.78 is 14.2. The van der Waals surface area contributed by atoms with Crippen LogP contribution in [0.2, 0.25) is 18.1 Å². The van der Waals surface area contributed by atoms with Crippen molar-refractivity contribution in [3.8, 4) is 11.5 Å². The van der Waals surface area contributed by atoms with Gasteiger partial charge in [-0.05, 0) is 42.8 Å². The molecule has 0 radical (unpaired) electrons. The molecule has 7 heteroatoms. The zero-order valence-corrected chi connectivity index (χ0v) is 18.5. The third-order valence-corrected chi connectivity index (χ3v) is 10.2. The van der Waals surface area contributed by atoms with Gasteiger partial charge < -0.3 is 8.94 Å². The molecular formula is C19H23BrN2O3Si. The number of rotatable bonds is 3. The molecule has 2 heterocycles. The van der Waals surface area contributed by atoms with E-state index >= 15 is 0 Å². The first-order chi connectivity index (χ1) is 12.0. The SMILES string of the molecule is Cc1c(Br)cccc1-c1nc2c(=O)n(O[Si](C)(C)C(C)(C)C)ccc2o1. The molecule has 5 nitrogen and oxygen atoms in total. The normalized spacial score (nSPS) is 12.6. The maximum atomic E-state index is 12.9. The van der Waals surface area contributed by atoms with E-state index in [9.17, 15) is 4.79 Å². The van der Waals surface area contributed by atoms with Crippen LogP contribution >= 0.6 is 15.9 Å². The molecule has 26 heavy (non-hydrogen) atoms. The number of fused-ring (bicyclic) bond motifs is 1. The molecule has 0 aliphatic heterocycles. The minimum absolute atomic E-state index is 0.0101. The molecule has 0 aliphatic carbocycles. The van der Waals surface area contributed by atoms with Crippen LogP contribution in [0.1, 0.15) is 26.3 Å². The molecule has 3 rings (SSSR count). The van der Waals surface area contributed by atoms with Crippen molar-refractivity contribution in [2.75, 3.05) is 0 Å². The number of benzene rings is 1. The Hall–Kier alpha value is -1.86. The van der Waals surface area contributed by atoms with Crippen LogP contribution in [0, 0.1) is 6.92 Å². The molecule has 2 aromatic heterocycles. The van der Waals surface area contributed by atoms with Gasteiger partial charge in [0, 0.05) is 22.3 Å². The van der Waals surface area contributed by atoms with Gasteiger partial charge in [-0.1, -0.05) is 42.8 Å². The molecule has 3 aromatic rings. The van der Waals surface area contributed by atoms with Crippen molar-refractivity contribution in [1.82, 2.24) is 9.71 Å². The minimum atomic E-state index is -2.14. The number of hydrogen-bond donors (Lipinski definition) is 0. The number of oxazole rings is 1. The van der Waals surface area contributed by atoms with E-state index in [1.54, 1.807) is 12.3 Å². The summed E-state index contributed by atoms with van der Waals surface area (Å²) in [6.45, 7) is 12.6. The fourth-order valence-corrected chi connectivity index (χ4v) is 3.59. The van der Waals surface area contributed by atoms with E-state index in [0.29, 0.717) is 11.5 Å². The molecule has 138 valence electrons. The van der Waals surface area contributed by atoms with Crippen LogP contribution in [0.5, 0.6) is 0 Å². The Morgan fingerprint density at radius 2 is 1.92 bits per heavy atom. The van der Waals surface area contributed by atoms with Crippen LogP contribution in [0.25, 0.3) is 22.6 Å². The Bertz CT molecular complexity index is 1030. The van der Waals surface area contributed by atoms with Crippen molar-refractivity contribution in [3.05, 3.63) is 50.9 Å². The highest BCUT2D eigenvalue weighted by atomic mass is 79.9. The van der Waals surface area contributed by atoms with Gasteiger partial charge in [0.25, 0.3) is 8.32 Å². The fourth-order valence-electron chi connectivity index (χ4n) is 2.31. The first-order valence-electron chi connectivity index (χ1n) is 8.48. The van der Waals surface area contributed by atoms with Gasteiger partial charge in [0.1, 0.15) is 0 Å². The van der Waals surface area contributed by atoms with Gasteiger partial charge in [0.15, 0.2) is 11.1 Å². The molecule has 0 saturated heterocycles. The van der Waals surface area contributed by atoms with Gasteiger partial charge in [-0.3, -0.25) is 4.79 Å². The highest BCUT2D eigenvalue weighted by molar-refractivity contribution is 9.10. The van der Waals surface area contributed by atoms with E-state index in [4.69, 9.17) is 8.94 Å². The molecule has 0 atom stereocenters. The van der Waals surface area contributed by atoms with Crippen LogP contribution in [0.15, 0.2) is 44.1 Å². The van der Waals surface area contributed by atoms with Crippen LogP contribution < -0.4 is 10.1 Å². The summed E-state index contributed by atoms with van der Waals surface area (Å²) in [5, 5.41) is -0.0101. The van der Waals surface area contributed by atoms with Gasteiger partial charge in [0.2, 0.25) is 5.89 Å². The Labute approximate surface area is 162 Å². The monoisotopic (exact) mass is 434 g/mol. The van der Waals surface area contributed by atoms with Crippen LogP contribution in [-0.2, 0) is 0 Å². The standard InChI is InChI=1S/C19H23BrN2O3Si/c1-12-13(8-7-9-14(12)20)17-21-16-15(24-17)10-11-22(18(16)23)25-26(5,6)19(2,3)4/h7-11H,1-6H3. The molecule has 0 bridgehead atoms. The molecule has 0 N–H and O–H groups in total. The molecule has 0 spiro atoms. The Kier molecular flexibility index (Phi) is 4.65. The third-order valence-electron chi connectivity index (χ3n) is 5.05. The fraction of sp³-hybridized carbons (Fsp3) is 0.368. The smallest absolute Gasteiger partial charge is 0.311 e. The quantitative estimate of drug-likeness (QED) is 0.533. The number of nitrogens with zero attached hydrogens (tertiary/aromatic N) is 2. The topological polar surface area (TPSA) is 57.3 Å². The summed E-state index contributed by atoms with van der Waals surface area (Å²) in [7, 11) is -2.14. The number of aromatic nitrogens is 2. The lowest BCUT2D eigenvalue weighted by atomic mass is 10.1. The predicted octanol–water partition coefficient (Wildman–Crippen LogP) is 5.16. The predicted molar refractivity (Wildman–Crippen MR) is 110 cm³/mol. The summed E-state index contributed by atoms with van der Waals surface area (Å²) in [5.74, 6) is 0.431. The first kappa shape index (κ1) is 18.9. The van der Waals surface area contributed by atoms with Gasteiger partial charge >= 0.3 is 5.56 Å². The lowest BCUT2D eigenvalue weighted by Crippen LogP contribution is -2.50. The van der Waals surface area contributed by atoms with E-state index in [-0.39, 0.29) is 16.1 Å². The van der Waals surface area contributed by atoms with Gasteiger partial charge in [-0.2, -0.15) is 4.73 Å². The van der Waals surface area contributed by atoms with E-state index in [0.717, 1.165) is 15.6 Å². The van der Waals surface area contributed by atoms with Crippen LogP contribution in [-0.4, -0.2) is 18.0 Å². The van der Waals surface area contributed by atoms with Crippen LogP contribution in [0.3, 0.4) is 0 Å². The van der Waals surface area contributed by atoms with E-state index in [1.165, 1.54) is 4.73 Å². The van der Waals surface area contributed by atoms with Gasteiger partial charge in [0.05, 0.1) is 0 Å². The molecule has 0 unspecified atom stereocenters. The van der Waals surface area contributed by atoms with Crippen molar-refractivity contribution < 1.29 is 8.94 Å². The summed E-state index contributed by atoms with van der Waals surface area (Å²) >= 11 is 3.51. The van der Waals surface area contributed by atoms with Crippen molar-refractivity contribution in [2.45, 2.75) is 45.8 Å². The average Bonchev–Trinajstić information content (AvgIpc) is 2.96. The molecule has 0 amide bonds. The highest BCUT2D eigenvalue weighted by Crippen LogP contribution is 2.35. The van der Waals surface area contributed by atoms with Crippen molar-refractivity contribution in [1.29, 1.82) is 0 Å². The minimum Gasteiger partial charge on any atom is -0.467 e. The Balaban J connectivity index is 2.09. The Morgan fingerprint density at radius 1 is 1.23 bits per heavy atom. The maximum absolute atomic E-state index is 12.9. The molecule has 0 fully saturated rings. The highest BCUT2D eigenvalue weighted by Gasteiger charge is 2.40. The van der Waals surface area contributed by atoms with E-state index < -0.39 is 8.32 Å². The lowest BCUT2D eigenvalue weighted by molar-refractivity contribution is 0.239. The molecule has 0 saturated carbocycles. The van der Waals surface area contributed by atoms with Gasteiger partial charge in [-0.25, -0.2) is 4.98 Å². The van der Waals surface area contributed by atoms with Crippen molar-refractivity contribution in [3.63, 3.8) is 0 Å². The number of hydrogen-bond acceptors (Lipinski definition) is 4. The number of pyridine rings is 1. The molecule has 0 aliphatic rings. The van der Waals surface area contributed by atoms with E-state index in [2.05, 4.69) is 54.8 Å². The lowest BCUT2D eigenvalue weighted by Gasteiger charge is -2.35. The summed E-state index contributed by atoms with van der Waals surface area (Å²) in [6, 6.07) is 7.53. The first-order valence-corrected chi connectivity index (χ1v) is 12.2. The van der Waals surface area contributed by atoms with Crippen molar-refractivity contribution in [2.24, 2.45) is 0 Å². The summed E-state index contributed by atoms with van der Waals surface area (Å²) in [4.78, 5) is 17.3. The average molecular weight is 435 g/mol. The maximum Gasteiger partial charge on any atom is 0.311 e. The van der Waals surface area contributed by atoms with Gasteiger partial charge in [-0.15, -0.1) is 0 Å². The second-order valence-electron chi connectivity index (χ2n) is 7.94. The van der Waals surface area contributed by atoms with Crippen molar-refractivity contribution >= 4 is 35.3 Å². The summed E-state index contributed by atoms with van der Waals surface area (Å²) in [5.41, 5.74) is 2.30. The second kappa shape index (κ2) is 6.39. The summed E-state index contributed by atoms with van der Waals surface area (Å²) in [6.07, 6.45) is 1.62. The Morgan fingerprint density at radius 3 is 2.58 bits per heavy atom. The number of halogens is 1. The van der Waals surface area contributed by atoms with Crippen LogP contribution in [0.4, 0.5) is 0 Å². The van der Waals surface area contributed by atoms with E-state index in [1.807, 2.05) is 25.1 Å². The zero-order valence-electron chi connectivity index (χ0n) is 15.9. The largest absolute Gasteiger partial charge is 0.467 e. The molecule has 1 aromatic carbocycles.